The monoisotopic (exact) mass is 251 g/mol. The molecule has 0 spiro atoms. The van der Waals surface area contributed by atoms with Gasteiger partial charge in [-0.3, -0.25) is 4.79 Å². The summed E-state index contributed by atoms with van der Waals surface area (Å²) >= 11 is 0. The van der Waals surface area contributed by atoms with Gasteiger partial charge in [-0.1, -0.05) is 0 Å². The second-order valence-electron chi connectivity index (χ2n) is 3.94. The molecule has 0 saturated heterocycles. The van der Waals surface area contributed by atoms with Crippen molar-refractivity contribution in [3.8, 4) is 0 Å². The van der Waals surface area contributed by atoms with Crippen molar-refractivity contribution in [1.82, 2.24) is 9.62 Å². The van der Waals surface area contributed by atoms with Crippen molar-refractivity contribution in [2.75, 3.05) is 25.9 Å². The third kappa shape index (κ3) is 6.04. The first-order valence-corrected chi connectivity index (χ1v) is 6.84. The molecular weight excluding hydrogens is 230 g/mol. The van der Waals surface area contributed by atoms with Crippen molar-refractivity contribution in [2.45, 2.75) is 26.3 Å². The summed E-state index contributed by atoms with van der Waals surface area (Å²) in [6.45, 7) is 3.82. The predicted octanol–water partition coefficient (Wildman–Crippen LogP) is -0.879. The first-order valence-electron chi connectivity index (χ1n) is 5.23. The molecule has 0 atom stereocenters. The molecule has 0 rings (SSSR count). The fourth-order valence-corrected chi connectivity index (χ4v) is 2.25. The Kier molecular flexibility index (Phi) is 6.54. The lowest BCUT2D eigenvalue weighted by molar-refractivity contribution is -0.121. The Bertz CT molecular complexity index is 314. The van der Waals surface area contributed by atoms with Crippen molar-refractivity contribution >= 4 is 15.9 Å². The lowest BCUT2D eigenvalue weighted by Gasteiger charge is -2.17. The Morgan fingerprint density at radius 3 is 2.44 bits per heavy atom. The van der Waals surface area contributed by atoms with Crippen LogP contribution in [0.25, 0.3) is 0 Å². The van der Waals surface area contributed by atoms with Gasteiger partial charge in [0.05, 0.1) is 12.3 Å². The van der Waals surface area contributed by atoms with E-state index in [1.807, 2.05) is 13.8 Å². The summed E-state index contributed by atoms with van der Waals surface area (Å²) in [6, 6.07) is 0.00708. The van der Waals surface area contributed by atoms with E-state index in [9.17, 15) is 13.2 Å². The lowest BCUT2D eigenvalue weighted by atomic mass is 10.4. The van der Waals surface area contributed by atoms with Gasteiger partial charge in [-0.25, -0.2) is 8.42 Å². The first-order chi connectivity index (χ1) is 7.29. The largest absolute Gasteiger partial charge is 0.353 e. The summed E-state index contributed by atoms with van der Waals surface area (Å²) in [5, 5.41) is 2.63. The maximum atomic E-state index is 11.6. The molecule has 0 fully saturated rings. The highest BCUT2D eigenvalue weighted by atomic mass is 32.2. The van der Waals surface area contributed by atoms with Crippen molar-refractivity contribution in [3.05, 3.63) is 0 Å². The first kappa shape index (κ1) is 15.3. The van der Waals surface area contributed by atoms with Crippen LogP contribution in [0.1, 0.15) is 20.3 Å². The number of hydrogen-bond acceptors (Lipinski definition) is 4. The van der Waals surface area contributed by atoms with E-state index < -0.39 is 10.0 Å². The van der Waals surface area contributed by atoms with Crippen LogP contribution in [0.3, 0.4) is 0 Å². The minimum absolute atomic E-state index is 0.00708. The molecule has 7 heteroatoms. The number of nitrogens with zero attached hydrogens (tertiary/aromatic N) is 1. The molecule has 0 aliphatic rings. The average molecular weight is 251 g/mol. The van der Waals surface area contributed by atoms with Crippen LogP contribution in [0.15, 0.2) is 0 Å². The molecule has 0 saturated carbocycles. The summed E-state index contributed by atoms with van der Waals surface area (Å²) in [5.41, 5.74) is 5.24. The maximum Gasteiger partial charge on any atom is 0.235 e. The predicted molar refractivity (Wildman–Crippen MR) is 63.4 cm³/mol. The summed E-state index contributed by atoms with van der Waals surface area (Å²) in [5.74, 6) is -0.316. The van der Waals surface area contributed by atoms with E-state index in [1.165, 1.54) is 7.05 Å². The van der Waals surface area contributed by atoms with Gasteiger partial charge in [0.2, 0.25) is 15.9 Å². The summed E-state index contributed by atoms with van der Waals surface area (Å²) in [6.07, 6.45) is 0.401. The van der Waals surface area contributed by atoms with Crippen LogP contribution in [0.2, 0.25) is 0 Å². The number of nitrogens with two attached hydrogens (primary N) is 1. The molecule has 3 N–H and O–H groups in total. The molecule has 6 nitrogen and oxygen atoms in total. The Balaban J connectivity index is 4.23. The maximum absolute atomic E-state index is 11.6. The Labute approximate surface area is 97.2 Å². The van der Waals surface area contributed by atoms with Gasteiger partial charge in [-0.2, -0.15) is 4.31 Å². The second-order valence-corrected chi connectivity index (χ2v) is 6.13. The molecule has 1 amide bonds. The zero-order chi connectivity index (χ0) is 12.8. The molecule has 0 bridgehead atoms. The number of sulfonamides is 1. The van der Waals surface area contributed by atoms with Gasteiger partial charge in [-0.15, -0.1) is 0 Å². The van der Waals surface area contributed by atoms with Gasteiger partial charge in [-0.05, 0) is 26.8 Å². The summed E-state index contributed by atoms with van der Waals surface area (Å²) in [4.78, 5) is 11.3. The highest BCUT2D eigenvalue weighted by Crippen LogP contribution is 1.99. The van der Waals surface area contributed by atoms with E-state index in [4.69, 9.17) is 5.73 Å². The van der Waals surface area contributed by atoms with Gasteiger partial charge >= 0.3 is 0 Å². The molecule has 0 heterocycles. The zero-order valence-electron chi connectivity index (χ0n) is 10.1. The number of nitrogens with one attached hydrogen (secondary N) is 1. The number of likely N-dealkylation sites (N-methyl/N-ethyl adjacent to an activating group) is 1. The smallest absolute Gasteiger partial charge is 0.235 e. The van der Waals surface area contributed by atoms with Crippen molar-refractivity contribution in [3.63, 3.8) is 0 Å². The Morgan fingerprint density at radius 1 is 1.44 bits per heavy atom. The highest BCUT2D eigenvalue weighted by molar-refractivity contribution is 7.89. The highest BCUT2D eigenvalue weighted by Gasteiger charge is 2.19. The number of hydrogen-bond donors (Lipinski definition) is 2. The molecule has 0 aromatic carbocycles. The minimum Gasteiger partial charge on any atom is -0.353 e. The van der Waals surface area contributed by atoms with Crippen molar-refractivity contribution in [2.24, 2.45) is 5.73 Å². The van der Waals surface area contributed by atoms with Crippen LogP contribution in [0.4, 0.5) is 0 Å². The molecule has 0 aliphatic carbocycles. The SMILES string of the molecule is CC(C)NC(=O)CN(C)S(=O)(=O)CCCN. The molecular formula is C9H21N3O3S. The normalized spacial score (nSPS) is 12.1. The molecule has 0 radical (unpaired) electrons. The standard InChI is InChI=1S/C9H21N3O3S/c1-8(2)11-9(13)7-12(3)16(14,15)6-4-5-10/h8H,4-7,10H2,1-3H3,(H,11,13). The lowest BCUT2D eigenvalue weighted by Crippen LogP contribution is -2.41. The molecule has 0 aromatic rings. The van der Waals surface area contributed by atoms with Gasteiger partial charge in [0.15, 0.2) is 0 Å². The van der Waals surface area contributed by atoms with E-state index in [0.717, 1.165) is 4.31 Å². The quantitative estimate of drug-likeness (QED) is 0.614. The number of carbonyl (C=O) groups excluding carboxylic acids is 1. The van der Waals surface area contributed by atoms with E-state index >= 15 is 0 Å². The minimum atomic E-state index is -3.36. The number of carbonyl (C=O) groups is 1. The van der Waals surface area contributed by atoms with Crippen LogP contribution in [0.5, 0.6) is 0 Å². The van der Waals surface area contributed by atoms with Gasteiger partial charge in [0.1, 0.15) is 0 Å². The van der Waals surface area contributed by atoms with E-state index in [2.05, 4.69) is 5.32 Å². The van der Waals surface area contributed by atoms with Crippen LogP contribution in [-0.4, -0.2) is 50.6 Å². The van der Waals surface area contributed by atoms with Crippen LogP contribution in [0, 0.1) is 0 Å². The third-order valence-corrected chi connectivity index (χ3v) is 3.78. The van der Waals surface area contributed by atoms with Crippen molar-refractivity contribution in [1.29, 1.82) is 0 Å². The molecule has 16 heavy (non-hydrogen) atoms. The van der Waals surface area contributed by atoms with Gasteiger partial charge < -0.3 is 11.1 Å². The summed E-state index contributed by atoms with van der Waals surface area (Å²) < 4.78 is 24.3. The van der Waals surface area contributed by atoms with Crippen LogP contribution >= 0.6 is 0 Å². The van der Waals surface area contributed by atoms with Crippen molar-refractivity contribution < 1.29 is 13.2 Å². The Morgan fingerprint density at radius 2 is 2.00 bits per heavy atom. The van der Waals surface area contributed by atoms with Crippen LogP contribution in [-0.2, 0) is 14.8 Å². The second kappa shape index (κ2) is 6.82. The van der Waals surface area contributed by atoms with E-state index in [1.54, 1.807) is 0 Å². The topological polar surface area (TPSA) is 92.5 Å². The van der Waals surface area contributed by atoms with Gasteiger partial charge in [0, 0.05) is 13.1 Å². The van der Waals surface area contributed by atoms with E-state index in [0.29, 0.717) is 13.0 Å². The fourth-order valence-electron chi connectivity index (χ4n) is 1.09. The molecule has 0 unspecified atom stereocenters. The van der Waals surface area contributed by atoms with E-state index in [-0.39, 0.29) is 24.2 Å². The Hall–Kier alpha value is -0.660. The molecule has 96 valence electrons. The number of rotatable bonds is 7. The summed E-state index contributed by atoms with van der Waals surface area (Å²) in [7, 11) is -1.97. The zero-order valence-corrected chi connectivity index (χ0v) is 10.9. The average Bonchev–Trinajstić information content (AvgIpc) is 2.13. The molecule has 0 aliphatic heterocycles. The van der Waals surface area contributed by atoms with Gasteiger partial charge in [0.25, 0.3) is 0 Å². The third-order valence-electron chi connectivity index (χ3n) is 1.90. The number of amides is 1. The fraction of sp³-hybridized carbons (Fsp3) is 0.889. The van der Waals surface area contributed by atoms with Crippen LogP contribution < -0.4 is 11.1 Å². The molecule has 0 aromatic heterocycles.